The van der Waals surface area contributed by atoms with Crippen molar-refractivity contribution in [3.05, 3.63) is 59.7 Å². The second-order valence-electron chi connectivity index (χ2n) is 6.87. The van der Waals surface area contributed by atoms with Gasteiger partial charge in [-0.15, -0.1) is 0 Å². The van der Waals surface area contributed by atoms with E-state index in [0.717, 1.165) is 11.1 Å². The van der Waals surface area contributed by atoms with E-state index in [1.165, 1.54) is 22.7 Å². The van der Waals surface area contributed by atoms with Crippen LogP contribution in [0.3, 0.4) is 0 Å². The van der Waals surface area contributed by atoms with Gasteiger partial charge in [0.05, 0.1) is 18.0 Å². The van der Waals surface area contributed by atoms with Crippen LogP contribution in [0.15, 0.2) is 47.1 Å². The summed E-state index contributed by atoms with van der Waals surface area (Å²) < 4.78 is 45.5. The summed E-state index contributed by atoms with van der Waals surface area (Å²) in [5, 5.41) is 0. The highest BCUT2D eigenvalue weighted by molar-refractivity contribution is 7.88. The number of piperazine rings is 1. The maximum atomic E-state index is 13.6. The topological polar surface area (TPSA) is 75.8 Å². The summed E-state index contributed by atoms with van der Waals surface area (Å²) in [4.78, 5) is 14.8. The summed E-state index contributed by atoms with van der Waals surface area (Å²) in [6, 6.07) is 9.69. The van der Waals surface area contributed by atoms with Crippen molar-refractivity contribution in [2.24, 2.45) is 0 Å². The van der Waals surface area contributed by atoms with Gasteiger partial charge in [0.2, 0.25) is 10.0 Å². The molecule has 1 aliphatic heterocycles. The van der Waals surface area contributed by atoms with Crippen molar-refractivity contribution in [2.75, 3.05) is 32.4 Å². The van der Waals surface area contributed by atoms with Crippen LogP contribution in [0, 0.1) is 5.82 Å². The fourth-order valence-corrected chi connectivity index (χ4v) is 4.35. The molecular formula is C19H20FN3O4S. The van der Waals surface area contributed by atoms with Crippen LogP contribution < -0.4 is 0 Å². The van der Waals surface area contributed by atoms with Crippen LogP contribution in [-0.4, -0.2) is 60.5 Å². The molecule has 1 aliphatic rings. The molecule has 0 radical (unpaired) electrons. The third-order valence-corrected chi connectivity index (χ3v) is 6.27. The number of hydrogen-bond acceptors (Lipinski definition) is 4. The maximum Gasteiger partial charge on any atom is 0.270 e. The quantitative estimate of drug-likeness (QED) is 0.667. The molecule has 4 rings (SSSR count). The third kappa shape index (κ3) is 3.55. The molecule has 148 valence electrons. The predicted molar refractivity (Wildman–Crippen MR) is 102 cm³/mol. The normalized spacial score (nSPS) is 16.0. The fourth-order valence-electron chi connectivity index (χ4n) is 3.53. The van der Waals surface area contributed by atoms with Crippen molar-refractivity contribution < 1.29 is 22.0 Å². The number of carbonyl (C=O) groups is 1. The molecule has 2 aromatic heterocycles. The predicted octanol–water partition coefficient (Wildman–Crippen LogP) is 2.14. The highest BCUT2D eigenvalue weighted by Gasteiger charge is 2.29. The van der Waals surface area contributed by atoms with Crippen LogP contribution in [-0.2, 0) is 16.6 Å². The molecule has 1 saturated heterocycles. The third-order valence-electron chi connectivity index (χ3n) is 4.97. The van der Waals surface area contributed by atoms with Gasteiger partial charge in [-0.3, -0.25) is 4.79 Å². The average Bonchev–Trinajstić information content (AvgIpc) is 3.23. The van der Waals surface area contributed by atoms with E-state index in [0.29, 0.717) is 30.9 Å². The van der Waals surface area contributed by atoms with Crippen LogP contribution in [0.2, 0.25) is 0 Å². The van der Waals surface area contributed by atoms with Crippen molar-refractivity contribution in [3.63, 3.8) is 0 Å². The summed E-state index contributed by atoms with van der Waals surface area (Å²) in [7, 11) is -3.26. The van der Waals surface area contributed by atoms with Gasteiger partial charge in [-0.2, -0.15) is 4.31 Å². The van der Waals surface area contributed by atoms with E-state index in [1.54, 1.807) is 40.0 Å². The average molecular weight is 405 g/mol. The second-order valence-corrected chi connectivity index (χ2v) is 8.85. The molecule has 28 heavy (non-hydrogen) atoms. The molecule has 7 nitrogen and oxygen atoms in total. The van der Waals surface area contributed by atoms with Gasteiger partial charge in [0.15, 0.2) is 5.58 Å². The summed E-state index contributed by atoms with van der Waals surface area (Å²) in [5.74, 6) is -0.533. The number of benzene rings is 1. The molecule has 9 heteroatoms. The number of fused-ring (bicyclic) bond motifs is 1. The van der Waals surface area contributed by atoms with E-state index in [9.17, 15) is 17.6 Å². The molecule has 1 amide bonds. The summed E-state index contributed by atoms with van der Waals surface area (Å²) in [6.07, 6.45) is 2.72. The Hall–Kier alpha value is -2.65. The highest BCUT2D eigenvalue weighted by atomic mass is 32.2. The first-order chi connectivity index (χ1) is 13.3. The van der Waals surface area contributed by atoms with Gasteiger partial charge in [-0.1, -0.05) is 12.1 Å². The van der Waals surface area contributed by atoms with E-state index in [-0.39, 0.29) is 24.8 Å². The Morgan fingerprint density at radius 3 is 2.57 bits per heavy atom. The van der Waals surface area contributed by atoms with Crippen molar-refractivity contribution in [1.29, 1.82) is 0 Å². The molecule has 0 atom stereocenters. The number of amides is 1. The number of carbonyl (C=O) groups excluding carboxylic acids is 1. The van der Waals surface area contributed by atoms with E-state index >= 15 is 0 Å². The minimum Gasteiger partial charge on any atom is -0.463 e. The summed E-state index contributed by atoms with van der Waals surface area (Å²) in [5.41, 5.74) is 2.50. The van der Waals surface area contributed by atoms with Crippen LogP contribution >= 0.6 is 0 Å². The van der Waals surface area contributed by atoms with E-state index in [1.807, 2.05) is 0 Å². The Labute approximate surface area is 162 Å². The lowest BCUT2D eigenvalue weighted by Crippen LogP contribution is -2.50. The number of furan rings is 1. The minimum atomic E-state index is -3.26. The van der Waals surface area contributed by atoms with E-state index < -0.39 is 10.0 Å². The van der Waals surface area contributed by atoms with Gasteiger partial charge < -0.3 is 13.9 Å². The SMILES string of the molecule is CS(=O)(=O)N1CCN(C(=O)c2cc3occc3n2Cc2cccc(F)c2)CC1. The Balaban J connectivity index is 1.62. The van der Waals surface area contributed by atoms with Crippen LogP contribution in [0.5, 0.6) is 0 Å². The molecule has 0 bridgehead atoms. The molecular weight excluding hydrogens is 385 g/mol. The number of hydrogen-bond donors (Lipinski definition) is 0. The lowest BCUT2D eigenvalue weighted by Gasteiger charge is -2.33. The number of nitrogens with zero attached hydrogens (tertiary/aromatic N) is 3. The van der Waals surface area contributed by atoms with Crippen LogP contribution in [0.1, 0.15) is 16.1 Å². The van der Waals surface area contributed by atoms with Gasteiger partial charge >= 0.3 is 0 Å². The number of aromatic nitrogens is 1. The smallest absolute Gasteiger partial charge is 0.270 e. The standard InChI is InChI=1S/C19H20FN3O4S/c1-28(25,26)22-8-6-21(7-9-22)19(24)17-12-18-16(5-10-27-18)23(17)13-14-3-2-4-15(20)11-14/h2-5,10-12H,6-9,13H2,1H3. The first-order valence-corrected chi connectivity index (χ1v) is 10.7. The maximum absolute atomic E-state index is 13.6. The van der Waals surface area contributed by atoms with Gasteiger partial charge in [-0.05, 0) is 17.7 Å². The molecule has 0 unspecified atom stereocenters. The van der Waals surface area contributed by atoms with Crippen molar-refractivity contribution in [2.45, 2.75) is 6.54 Å². The van der Waals surface area contributed by atoms with Crippen molar-refractivity contribution >= 4 is 27.0 Å². The Bertz CT molecular complexity index is 1130. The van der Waals surface area contributed by atoms with Gasteiger partial charge in [0, 0.05) is 44.9 Å². The lowest BCUT2D eigenvalue weighted by atomic mass is 10.2. The molecule has 0 saturated carbocycles. The summed E-state index contributed by atoms with van der Waals surface area (Å²) >= 11 is 0. The zero-order valence-corrected chi connectivity index (χ0v) is 16.2. The van der Waals surface area contributed by atoms with E-state index in [4.69, 9.17) is 4.42 Å². The van der Waals surface area contributed by atoms with E-state index in [2.05, 4.69) is 0 Å². The van der Waals surface area contributed by atoms with Gasteiger partial charge in [0.25, 0.3) is 5.91 Å². The Morgan fingerprint density at radius 2 is 1.89 bits per heavy atom. The van der Waals surface area contributed by atoms with Crippen molar-refractivity contribution in [1.82, 2.24) is 13.8 Å². The molecule has 0 N–H and O–H groups in total. The zero-order valence-electron chi connectivity index (χ0n) is 15.3. The minimum absolute atomic E-state index is 0.198. The van der Waals surface area contributed by atoms with Gasteiger partial charge in [-0.25, -0.2) is 12.8 Å². The number of rotatable bonds is 4. The number of halogens is 1. The first-order valence-electron chi connectivity index (χ1n) is 8.88. The monoisotopic (exact) mass is 405 g/mol. The largest absolute Gasteiger partial charge is 0.463 e. The molecule has 1 fully saturated rings. The highest BCUT2D eigenvalue weighted by Crippen LogP contribution is 2.24. The zero-order chi connectivity index (χ0) is 19.9. The molecule has 1 aromatic carbocycles. The second kappa shape index (κ2) is 7.06. The first kappa shape index (κ1) is 18.7. The molecule has 3 aromatic rings. The molecule has 0 spiro atoms. The fraction of sp³-hybridized carbons (Fsp3) is 0.316. The number of sulfonamides is 1. The lowest BCUT2D eigenvalue weighted by molar-refractivity contribution is 0.0688. The molecule has 0 aliphatic carbocycles. The van der Waals surface area contributed by atoms with Crippen LogP contribution in [0.4, 0.5) is 4.39 Å². The Kier molecular flexibility index (Phi) is 4.72. The molecule has 3 heterocycles. The van der Waals surface area contributed by atoms with Gasteiger partial charge in [0.1, 0.15) is 11.5 Å². The summed E-state index contributed by atoms with van der Waals surface area (Å²) in [6.45, 7) is 1.50. The van der Waals surface area contributed by atoms with Crippen molar-refractivity contribution in [3.8, 4) is 0 Å². The van der Waals surface area contributed by atoms with Crippen LogP contribution in [0.25, 0.3) is 11.1 Å². The Morgan fingerprint density at radius 1 is 1.14 bits per heavy atom.